The van der Waals surface area contributed by atoms with E-state index in [-0.39, 0.29) is 12.1 Å². The molecule has 0 amide bonds. The Bertz CT molecular complexity index is 836. The average Bonchev–Trinajstić information content (AvgIpc) is 3.25. The number of nitrogens with zero attached hydrogens (tertiary/aromatic N) is 1. The summed E-state index contributed by atoms with van der Waals surface area (Å²) >= 11 is 0. The van der Waals surface area contributed by atoms with E-state index in [1.165, 1.54) is 64.2 Å². The van der Waals surface area contributed by atoms with Crippen molar-refractivity contribution in [1.29, 1.82) is 0 Å². The molecule has 3 nitrogen and oxygen atoms in total. The molecular formula is C36H63NO2. The molecule has 4 rings (SSSR count). The van der Waals surface area contributed by atoms with Crippen LogP contribution in [0.4, 0.5) is 0 Å². The standard InChI is InChI=1S/C36H63NO2/c1-9-37(8)23-11-14-27(5)34(38)39-29-19-21-35(6)28(24-29)15-16-30-32-18-17-31(26(4)13-10-12-25(2)3)36(32,7)22-20-33(30)35/h25-26,28-33H,5,9-24H2,1-4,6-8H3/t26-,28-,29+,30+,31?,32-,33-,35+,36-/m1/s1. The first kappa shape index (κ1) is 31.1. The minimum atomic E-state index is -0.135. The SMILES string of the molecule is C=C(CCCN(C)CC)C(=O)O[C@H]1CC[C@@]2(C)[C@H](CC[C@@H]3[C@H]2CC[C@]2(C)C([C@H](C)CCCC(C)C)CC[C@H]32)C1. The summed E-state index contributed by atoms with van der Waals surface area (Å²) in [5.74, 6) is 5.99. The molecule has 4 saturated carbocycles. The van der Waals surface area contributed by atoms with Gasteiger partial charge < -0.3 is 9.64 Å². The maximum absolute atomic E-state index is 12.8. The van der Waals surface area contributed by atoms with Crippen LogP contribution in [-0.4, -0.2) is 37.1 Å². The Labute approximate surface area is 242 Å². The first-order valence-electron chi connectivity index (χ1n) is 17.1. The molecule has 3 heteroatoms. The van der Waals surface area contributed by atoms with E-state index in [9.17, 15) is 4.79 Å². The Kier molecular flexibility index (Phi) is 10.4. The molecule has 0 saturated heterocycles. The van der Waals surface area contributed by atoms with E-state index in [4.69, 9.17) is 4.74 Å². The molecule has 0 bridgehead atoms. The van der Waals surface area contributed by atoms with E-state index in [1.54, 1.807) is 0 Å². The minimum absolute atomic E-state index is 0.0959. The molecule has 9 atom stereocenters. The van der Waals surface area contributed by atoms with Crippen molar-refractivity contribution in [3.8, 4) is 0 Å². The average molecular weight is 542 g/mol. The molecule has 0 aliphatic heterocycles. The molecule has 0 N–H and O–H groups in total. The Morgan fingerprint density at radius 1 is 0.949 bits per heavy atom. The molecule has 0 radical (unpaired) electrons. The van der Waals surface area contributed by atoms with E-state index in [2.05, 4.69) is 60.1 Å². The molecule has 39 heavy (non-hydrogen) atoms. The molecule has 224 valence electrons. The third-order valence-corrected chi connectivity index (χ3v) is 12.9. The molecule has 0 aromatic heterocycles. The second-order valence-corrected chi connectivity index (χ2v) is 15.6. The fourth-order valence-corrected chi connectivity index (χ4v) is 10.4. The van der Waals surface area contributed by atoms with Crippen LogP contribution in [0.3, 0.4) is 0 Å². The van der Waals surface area contributed by atoms with Gasteiger partial charge >= 0.3 is 5.97 Å². The van der Waals surface area contributed by atoms with Crippen molar-refractivity contribution in [1.82, 2.24) is 4.90 Å². The number of esters is 1. The lowest BCUT2D eigenvalue weighted by Crippen LogP contribution is -2.54. The lowest BCUT2D eigenvalue weighted by Gasteiger charge is -2.61. The monoisotopic (exact) mass is 541 g/mol. The number of carbonyl (C=O) groups is 1. The fraction of sp³-hybridized carbons (Fsp3) is 0.917. The van der Waals surface area contributed by atoms with Crippen LogP contribution in [0.2, 0.25) is 0 Å². The maximum atomic E-state index is 12.8. The lowest BCUT2D eigenvalue weighted by atomic mass is 9.44. The summed E-state index contributed by atoms with van der Waals surface area (Å²) in [6.45, 7) is 21.0. The van der Waals surface area contributed by atoms with Gasteiger partial charge in [0.05, 0.1) is 0 Å². The highest BCUT2D eigenvalue weighted by Gasteiger charge is 2.60. The van der Waals surface area contributed by atoms with Gasteiger partial charge in [0.1, 0.15) is 6.10 Å². The van der Waals surface area contributed by atoms with Crippen LogP contribution in [0.5, 0.6) is 0 Å². The zero-order valence-corrected chi connectivity index (χ0v) is 26.9. The van der Waals surface area contributed by atoms with Gasteiger partial charge in [-0.15, -0.1) is 0 Å². The zero-order valence-electron chi connectivity index (χ0n) is 26.9. The van der Waals surface area contributed by atoms with E-state index < -0.39 is 0 Å². The molecule has 4 fully saturated rings. The summed E-state index contributed by atoms with van der Waals surface area (Å²) in [4.78, 5) is 15.1. The quantitative estimate of drug-likeness (QED) is 0.182. The number of fused-ring (bicyclic) bond motifs is 5. The summed E-state index contributed by atoms with van der Waals surface area (Å²) in [5.41, 5.74) is 1.67. The van der Waals surface area contributed by atoms with Crippen LogP contribution in [0.25, 0.3) is 0 Å². The molecule has 4 aliphatic carbocycles. The summed E-state index contributed by atoms with van der Waals surface area (Å²) in [6.07, 6.45) is 18.0. The zero-order chi connectivity index (χ0) is 28.4. The molecule has 0 heterocycles. The summed E-state index contributed by atoms with van der Waals surface area (Å²) in [6, 6.07) is 0. The molecule has 0 spiro atoms. The van der Waals surface area contributed by atoms with Crippen LogP contribution in [0.15, 0.2) is 12.2 Å². The van der Waals surface area contributed by atoms with Gasteiger partial charge in [-0.05, 0) is 143 Å². The first-order valence-corrected chi connectivity index (χ1v) is 17.1. The predicted molar refractivity (Wildman–Crippen MR) is 164 cm³/mol. The van der Waals surface area contributed by atoms with Gasteiger partial charge in [-0.1, -0.05) is 67.4 Å². The number of rotatable bonds is 12. The van der Waals surface area contributed by atoms with Crippen molar-refractivity contribution in [2.45, 2.75) is 138 Å². The van der Waals surface area contributed by atoms with Gasteiger partial charge in [0.15, 0.2) is 0 Å². The predicted octanol–water partition coefficient (Wildman–Crippen LogP) is 9.31. The summed E-state index contributed by atoms with van der Waals surface area (Å²) in [5, 5.41) is 0. The van der Waals surface area contributed by atoms with Gasteiger partial charge in [0, 0.05) is 5.57 Å². The second-order valence-electron chi connectivity index (χ2n) is 15.6. The van der Waals surface area contributed by atoms with E-state index >= 15 is 0 Å². The minimum Gasteiger partial charge on any atom is -0.459 e. The van der Waals surface area contributed by atoms with Gasteiger partial charge in [-0.3, -0.25) is 0 Å². The fourth-order valence-electron chi connectivity index (χ4n) is 10.4. The number of ether oxygens (including phenoxy) is 1. The van der Waals surface area contributed by atoms with E-state index in [1.807, 2.05) is 0 Å². The van der Waals surface area contributed by atoms with Crippen LogP contribution >= 0.6 is 0 Å². The first-order chi connectivity index (χ1) is 18.5. The largest absolute Gasteiger partial charge is 0.459 e. The second kappa shape index (κ2) is 13.0. The van der Waals surface area contributed by atoms with Crippen molar-refractivity contribution in [3.05, 3.63) is 12.2 Å². The van der Waals surface area contributed by atoms with Crippen molar-refractivity contribution >= 4 is 5.97 Å². The topological polar surface area (TPSA) is 29.5 Å². The number of carbonyl (C=O) groups excluding carboxylic acids is 1. The Balaban J connectivity index is 1.31. The highest BCUT2D eigenvalue weighted by Crippen LogP contribution is 2.68. The van der Waals surface area contributed by atoms with Gasteiger partial charge in [-0.25, -0.2) is 4.79 Å². The van der Waals surface area contributed by atoms with Crippen molar-refractivity contribution in [2.75, 3.05) is 20.1 Å². The van der Waals surface area contributed by atoms with Gasteiger partial charge in [0.2, 0.25) is 0 Å². The smallest absolute Gasteiger partial charge is 0.333 e. The summed E-state index contributed by atoms with van der Waals surface area (Å²) in [7, 11) is 2.13. The van der Waals surface area contributed by atoms with Crippen molar-refractivity contribution < 1.29 is 9.53 Å². The van der Waals surface area contributed by atoms with Crippen LogP contribution in [0, 0.1) is 52.3 Å². The molecule has 1 unspecified atom stereocenters. The highest BCUT2D eigenvalue weighted by atomic mass is 16.5. The Morgan fingerprint density at radius 3 is 2.38 bits per heavy atom. The Morgan fingerprint density at radius 2 is 1.67 bits per heavy atom. The third-order valence-electron chi connectivity index (χ3n) is 12.9. The summed E-state index contributed by atoms with van der Waals surface area (Å²) < 4.78 is 6.09. The van der Waals surface area contributed by atoms with Crippen molar-refractivity contribution in [2.24, 2.45) is 52.3 Å². The number of hydrogen-bond acceptors (Lipinski definition) is 3. The van der Waals surface area contributed by atoms with E-state index in [0.29, 0.717) is 22.3 Å². The van der Waals surface area contributed by atoms with Crippen LogP contribution < -0.4 is 0 Å². The molecule has 0 aromatic carbocycles. The van der Waals surface area contributed by atoms with E-state index in [0.717, 1.165) is 74.3 Å². The Hall–Kier alpha value is -0.830. The lowest BCUT2D eigenvalue weighted by molar-refractivity contribution is -0.159. The molecule has 0 aromatic rings. The van der Waals surface area contributed by atoms with Gasteiger partial charge in [0.25, 0.3) is 0 Å². The van der Waals surface area contributed by atoms with Crippen LogP contribution in [-0.2, 0) is 9.53 Å². The third kappa shape index (κ3) is 6.65. The van der Waals surface area contributed by atoms with Crippen LogP contribution in [0.1, 0.15) is 131 Å². The molecule has 4 aliphatic rings. The maximum Gasteiger partial charge on any atom is 0.333 e. The normalized spacial score (nSPS) is 38.7. The van der Waals surface area contributed by atoms with Gasteiger partial charge in [-0.2, -0.15) is 0 Å². The molecular weight excluding hydrogens is 478 g/mol. The highest BCUT2D eigenvalue weighted by molar-refractivity contribution is 5.87. The van der Waals surface area contributed by atoms with Crippen molar-refractivity contribution in [3.63, 3.8) is 0 Å². The number of hydrogen-bond donors (Lipinski definition) is 0.